The van der Waals surface area contributed by atoms with Gasteiger partial charge in [-0.1, -0.05) is 41.1 Å². The molecule has 29 heavy (non-hydrogen) atoms. The minimum atomic E-state index is -0.534. The summed E-state index contributed by atoms with van der Waals surface area (Å²) in [5.41, 5.74) is 4.02. The summed E-state index contributed by atoms with van der Waals surface area (Å²) in [4.78, 5) is 12.7. The number of esters is 1. The second-order valence-corrected chi connectivity index (χ2v) is 8.72. The van der Waals surface area contributed by atoms with Gasteiger partial charge in [0.05, 0.1) is 13.0 Å². The standard InChI is InChI=1S/C24H25BrN2O2/c1-5-29-23(28)13-24(2,19-14-26(3)21-9-7-6-8-17(19)21)20-15-27(4)22-11-10-16(25)12-18(20)22/h6-12,14-15H,5,13H2,1-4H3. The molecular weight excluding hydrogens is 428 g/mol. The molecule has 0 bridgehead atoms. The van der Waals surface area contributed by atoms with E-state index in [1.54, 1.807) is 0 Å². The van der Waals surface area contributed by atoms with Crippen LogP contribution in [0, 0.1) is 0 Å². The lowest BCUT2D eigenvalue weighted by Crippen LogP contribution is -2.28. The van der Waals surface area contributed by atoms with E-state index < -0.39 is 5.41 Å². The van der Waals surface area contributed by atoms with Gasteiger partial charge in [-0.25, -0.2) is 0 Å². The Morgan fingerprint density at radius 3 is 2.31 bits per heavy atom. The first kappa shape index (κ1) is 19.8. The van der Waals surface area contributed by atoms with E-state index in [1.807, 2.05) is 26.1 Å². The Morgan fingerprint density at radius 2 is 1.62 bits per heavy atom. The van der Waals surface area contributed by atoms with Crippen molar-refractivity contribution in [2.75, 3.05) is 6.61 Å². The predicted octanol–water partition coefficient (Wildman–Crippen LogP) is 5.69. The zero-order valence-corrected chi connectivity index (χ0v) is 18.8. The third-order valence-corrected chi connectivity index (χ3v) is 6.33. The number of halogens is 1. The monoisotopic (exact) mass is 452 g/mol. The van der Waals surface area contributed by atoms with Crippen LogP contribution in [0.15, 0.2) is 59.3 Å². The molecule has 0 N–H and O–H groups in total. The van der Waals surface area contributed by atoms with Crippen molar-refractivity contribution in [3.05, 3.63) is 70.5 Å². The maximum absolute atomic E-state index is 12.7. The Bertz CT molecular complexity index is 1220. The number of carbonyl (C=O) groups excluding carboxylic acids is 1. The SMILES string of the molecule is CCOC(=O)CC(C)(c1cn(C)c2ccccc12)c1cn(C)c2ccc(Br)cc12. The molecule has 2 aromatic heterocycles. The van der Waals surface area contributed by atoms with Crippen molar-refractivity contribution in [3.63, 3.8) is 0 Å². The molecule has 1 atom stereocenters. The van der Waals surface area contributed by atoms with Gasteiger partial charge in [-0.15, -0.1) is 0 Å². The molecule has 5 heteroatoms. The lowest BCUT2D eigenvalue weighted by atomic mass is 9.73. The van der Waals surface area contributed by atoms with Crippen LogP contribution in [0.5, 0.6) is 0 Å². The van der Waals surface area contributed by atoms with Gasteiger partial charge in [0.15, 0.2) is 0 Å². The summed E-state index contributed by atoms with van der Waals surface area (Å²) in [7, 11) is 4.10. The summed E-state index contributed by atoms with van der Waals surface area (Å²) in [5.74, 6) is -0.185. The Morgan fingerprint density at radius 1 is 1.00 bits per heavy atom. The van der Waals surface area contributed by atoms with Crippen LogP contribution < -0.4 is 0 Å². The Kier molecular flexibility index (Phi) is 5.03. The molecule has 0 aliphatic carbocycles. The van der Waals surface area contributed by atoms with Gasteiger partial charge in [-0.05, 0) is 42.3 Å². The third-order valence-electron chi connectivity index (χ3n) is 5.84. The second-order valence-electron chi connectivity index (χ2n) is 7.80. The number of fused-ring (bicyclic) bond motifs is 2. The van der Waals surface area contributed by atoms with Gasteiger partial charge in [0.25, 0.3) is 0 Å². The van der Waals surface area contributed by atoms with E-state index in [4.69, 9.17) is 4.74 Å². The highest BCUT2D eigenvalue weighted by Gasteiger charge is 2.37. The maximum atomic E-state index is 12.7. The number of nitrogens with zero attached hydrogens (tertiary/aromatic N) is 2. The third kappa shape index (κ3) is 3.27. The zero-order chi connectivity index (χ0) is 20.8. The van der Waals surface area contributed by atoms with Gasteiger partial charge < -0.3 is 13.9 Å². The molecule has 0 amide bonds. The number of benzene rings is 2. The molecule has 4 rings (SSSR count). The van der Waals surface area contributed by atoms with Gasteiger partial charge in [0.1, 0.15) is 0 Å². The van der Waals surface area contributed by atoms with E-state index in [2.05, 4.69) is 81.8 Å². The largest absolute Gasteiger partial charge is 0.466 e. The van der Waals surface area contributed by atoms with Crippen LogP contribution in [0.3, 0.4) is 0 Å². The van der Waals surface area contributed by atoms with E-state index in [-0.39, 0.29) is 12.4 Å². The molecule has 0 aliphatic rings. The fourth-order valence-electron chi connectivity index (χ4n) is 4.42. The first-order valence-electron chi connectivity index (χ1n) is 9.80. The van der Waals surface area contributed by atoms with Gasteiger partial charge in [-0.3, -0.25) is 4.79 Å². The molecule has 0 fully saturated rings. The van der Waals surface area contributed by atoms with Crippen molar-refractivity contribution in [3.8, 4) is 0 Å². The number of para-hydroxylation sites is 1. The van der Waals surface area contributed by atoms with Crippen LogP contribution in [-0.2, 0) is 29.0 Å². The van der Waals surface area contributed by atoms with Crippen molar-refractivity contribution in [1.29, 1.82) is 0 Å². The van der Waals surface area contributed by atoms with Crippen molar-refractivity contribution in [2.24, 2.45) is 14.1 Å². The first-order valence-corrected chi connectivity index (χ1v) is 10.6. The quantitative estimate of drug-likeness (QED) is 0.364. The number of rotatable bonds is 5. The number of hydrogen-bond acceptors (Lipinski definition) is 2. The van der Waals surface area contributed by atoms with Crippen LogP contribution in [0.4, 0.5) is 0 Å². The van der Waals surface area contributed by atoms with Crippen LogP contribution in [0.25, 0.3) is 21.8 Å². The van der Waals surface area contributed by atoms with Crippen LogP contribution in [-0.4, -0.2) is 21.7 Å². The average Bonchev–Trinajstić information content (AvgIpc) is 3.20. The van der Waals surface area contributed by atoms with Gasteiger partial charge >= 0.3 is 5.97 Å². The number of hydrogen-bond donors (Lipinski definition) is 0. The van der Waals surface area contributed by atoms with E-state index in [9.17, 15) is 4.79 Å². The fraction of sp³-hybridized carbons (Fsp3) is 0.292. The Balaban J connectivity index is 2.02. The van der Waals surface area contributed by atoms with Crippen molar-refractivity contribution in [1.82, 2.24) is 9.13 Å². The molecule has 4 nitrogen and oxygen atoms in total. The summed E-state index contributed by atoms with van der Waals surface area (Å²) < 4.78 is 10.7. The van der Waals surface area contributed by atoms with Crippen molar-refractivity contribution < 1.29 is 9.53 Å². The number of ether oxygens (including phenoxy) is 1. The molecule has 4 aromatic rings. The maximum Gasteiger partial charge on any atom is 0.307 e. The highest BCUT2D eigenvalue weighted by molar-refractivity contribution is 9.10. The Hall–Kier alpha value is -2.53. The highest BCUT2D eigenvalue weighted by atomic mass is 79.9. The number of carbonyl (C=O) groups is 1. The Labute approximate surface area is 179 Å². The van der Waals surface area contributed by atoms with E-state index >= 15 is 0 Å². The van der Waals surface area contributed by atoms with Crippen molar-refractivity contribution in [2.45, 2.75) is 25.7 Å². The molecule has 0 aliphatic heterocycles. The first-order chi connectivity index (χ1) is 13.8. The normalized spacial score (nSPS) is 13.7. The summed E-state index contributed by atoms with van der Waals surface area (Å²) in [6, 6.07) is 14.6. The van der Waals surface area contributed by atoms with E-state index in [1.165, 1.54) is 0 Å². The van der Waals surface area contributed by atoms with Gasteiger partial charge in [0.2, 0.25) is 0 Å². The van der Waals surface area contributed by atoms with E-state index in [0.29, 0.717) is 6.61 Å². The molecule has 2 aromatic carbocycles. The molecule has 0 saturated carbocycles. The number of aryl methyl sites for hydroxylation is 2. The molecule has 150 valence electrons. The van der Waals surface area contributed by atoms with Crippen LogP contribution in [0.1, 0.15) is 31.4 Å². The molecule has 2 heterocycles. The molecule has 1 unspecified atom stereocenters. The summed E-state index contributed by atoms with van der Waals surface area (Å²) in [5, 5.41) is 2.30. The molecule has 0 spiro atoms. The lowest BCUT2D eigenvalue weighted by molar-refractivity contribution is -0.144. The summed E-state index contributed by atoms with van der Waals surface area (Å²) in [6.07, 6.45) is 4.58. The number of aromatic nitrogens is 2. The second kappa shape index (κ2) is 7.38. The molecule has 0 radical (unpaired) electrons. The highest BCUT2D eigenvalue weighted by Crippen LogP contribution is 2.44. The van der Waals surface area contributed by atoms with Gasteiger partial charge in [-0.2, -0.15) is 0 Å². The zero-order valence-electron chi connectivity index (χ0n) is 17.2. The van der Waals surface area contributed by atoms with Crippen molar-refractivity contribution >= 4 is 43.7 Å². The minimum absolute atomic E-state index is 0.185. The minimum Gasteiger partial charge on any atom is -0.466 e. The smallest absolute Gasteiger partial charge is 0.307 e. The topological polar surface area (TPSA) is 36.2 Å². The molecule has 0 saturated heterocycles. The molecular formula is C24H25BrN2O2. The van der Waals surface area contributed by atoms with Gasteiger partial charge in [0, 0.05) is 58.2 Å². The van der Waals surface area contributed by atoms with E-state index in [0.717, 1.165) is 37.4 Å². The van der Waals surface area contributed by atoms with Crippen LogP contribution >= 0.6 is 15.9 Å². The summed E-state index contributed by atoms with van der Waals surface area (Å²) >= 11 is 3.61. The lowest BCUT2D eigenvalue weighted by Gasteiger charge is -2.29. The average molecular weight is 453 g/mol. The summed E-state index contributed by atoms with van der Waals surface area (Å²) in [6.45, 7) is 4.38. The van der Waals surface area contributed by atoms with Crippen LogP contribution in [0.2, 0.25) is 0 Å². The predicted molar refractivity (Wildman–Crippen MR) is 121 cm³/mol. The fourth-order valence-corrected chi connectivity index (χ4v) is 4.78.